The van der Waals surface area contributed by atoms with Gasteiger partial charge < -0.3 is 9.47 Å². The first-order valence-corrected chi connectivity index (χ1v) is 7.77. The van der Waals surface area contributed by atoms with Crippen LogP contribution >= 0.6 is 23.2 Å². The summed E-state index contributed by atoms with van der Waals surface area (Å²) in [6.07, 6.45) is 1.18. The van der Waals surface area contributed by atoms with Crippen LogP contribution in [0.5, 0.6) is 5.75 Å². The zero-order valence-electron chi connectivity index (χ0n) is 13.6. The second kappa shape index (κ2) is 6.36. The predicted octanol–water partition coefficient (Wildman–Crippen LogP) is 4.64. The SMILES string of the molecule is COC(=O)C1(c2c(F)c(F)c(OC)c(F)c2F)C(C=C(Cl)Cl)C1(C)C. The molecule has 0 N–H and O–H groups in total. The van der Waals surface area contributed by atoms with Crippen molar-refractivity contribution in [2.24, 2.45) is 11.3 Å². The number of hydrogen-bond donors (Lipinski definition) is 0. The van der Waals surface area contributed by atoms with Crippen molar-refractivity contribution in [3.05, 3.63) is 39.4 Å². The van der Waals surface area contributed by atoms with Gasteiger partial charge in [-0.15, -0.1) is 0 Å². The van der Waals surface area contributed by atoms with Crippen LogP contribution < -0.4 is 4.74 Å². The minimum atomic E-state index is -2.04. The van der Waals surface area contributed by atoms with Crippen LogP contribution in [0.3, 0.4) is 0 Å². The van der Waals surface area contributed by atoms with Crippen LogP contribution in [0.1, 0.15) is 19.4 Å². The Bertz CT molecular complexity index is 746. The van der Waals surface area contributed by atoms with Crippen molar-refractivity contribution < 1.29 is 31.8 Å². The van der Waals surface area contributed by atoms with Crippen LogP contribution in [0.15, 0.2) is 10.6 Å². The van der Waals surface area contributed by atoms with Gasteiger partial charge in [-0.05, 0) is 11.5 Å². The van der Waals surface area contributed by atoms with Gasteiger partial charge in [0.25, 0.3) is 0 Å². The fourth-order valence-electron chi connectivity index (χ4n) is 3.53. The number of allylic oxidation sites excluding steroid dienone is 1. The zero-order valence-corrected chi connectivity index (χ0v) is 15.2. The Morgan fingerprint density at radius 1 is 1.04 bits per heavy atom. The third-order valence-corrected chi connectivity index (χ3v) is 5.05. The van der Waals surface area contributed by atoms with E-state index in [4.69, 9.17) is 23.2 Å². The number of rotatable bonds is 4. The topological polar surface area (TPSA) is 35.5 Å². The highest BCUT2D eigenvalue weighted by atomic mass is 35.5. The van der Waals surface area contributed by atoms with Crippen LogP contribution in [0.2, 0.25) is 0 Å². The molecule has 9 heteroatoms. The minimum Gasteiger partial charge on any atom is -0.491 e. The fraction of sp³-hybridized carbons (Fsp3) is 0.438. The summed E-state index contributed by atoms with van der Waals surface area (Å²) in [5.74, 6) is -10.2. The first-order valence-electron chi connectivity index (χ1n) is 7.01. The lowest BCUT2D eigenvalue weighted by Crippen LogP contribution is -2.31. The van der Waals surface area contributed by atoms with Crippen molar-refractivity contribution in [2.75, 3.05) is 14.2 Å². The molecule has 1 fully saturated rings. The highest BCUT2D eigenvalue weighted by Crippen LogP contribution is 2.72. The first-order chi connectivity index (χ1) is 11.5. The molecule has 1 aromatic rings. The lowest BCUT2D eigenvalue weighted by molar-refractivity contribution is -0.145. The van der Waals surface area contributed by atoms with E-state index in [2.05, 4.69) is 9.47 Å². The molecule has 1 aliphatic rings. The third-order valence-electron chi connectivity index (χ3n) is 4.80. The predicted molar refractivity (Wildman–Crippen MR) is 83.6 cm³/mol. The molecule has 1 saturated carbocycles. The number of carbonyl (C=O) groups excluding carboxylic acids is 1. The molecule has 25 heavy (non-hydrogen) atoms. The van der Waals surface area contributed by atoms with E-state index < -0.39 is 57.3 Å². The van der Waals surface area contributed by atoms with Crippen LogP contribution in [0.25, 0.3) is 0 Å². The summed E-state index contributed by atoms with van der Waals surface area (Å²) in [4.78, 5) is 12.4. The largest absolute Gasteiger partial charge is 0.491 e. The molecule has 1 aromatic carbocycles. The maximum absolute atomic E-state index is 14.6. The Balaban J connectivity index is 2.89. The molecule has 3 nitrogen and oxygen atoms in total. The Kier molecular flexibility index (Phi) is 5.05. The molecule has 2 rings (SSSR count). The molecule has 0 aromatic heterocycles. The van der Waals surface area contributed by atoms with E-state index in [1.165, 1.54) is 19.9 Å². The molecule has 0 saturated heterocycles. The molecule has 1 aliphatic carbocycles. The van der Waals surface area contributed by atoms with Gasteiger partial charge >= 0.3 is 5.97 Å². The lowest BCUT2D eigenvalue weighted by Gasteiger charge is -2.21. The molecule has 0 radical (unpaired) electrons. The molecule has 0 spiro atoms. The van der Waals surface area contributed by atoms with Gasteiger partial charge in [0.15, 0.2) is 17.4 Å². The lowest BCUT2D eigenvalue weighted by atomic mass is 9.86. The molecule has 0 heterocycles. The average molecular weight is 401 g/mol. The van der Waals surface area contributed by atoms with E-state index in [1.807, 2.05) is 0 Å². The second-order valence-electron chi connectivity index (χ2n) is 6.12. The van der Waals surface area contributed by atoms with Gasteiger partial charge in [-0.25, -0.2) is 8.78 Å². The van der Waals surface area contributed by atoms with Gasteiger partial charge in [0, 0.05) is 11.5 Å². The molecule has 2 unspecified atom stereocenters. The van der Waals surface area contributed by atoms with E-state index in [9.17, 15) is 22.4 Å². The monoisotopic (exact) mass is 400 g/mol. The van der Waals surface area contributed by atoms with Gasteiger partial charge in [-0.1, -0.05) is 37.0 Å². The number of ether oxygens (including phenoxy) is 2. The van der Waals surface area contributed by atoms with Crippen molar-refractivity contribution in [3.63, 3.8) is 0 Å². The van der Waals surface area contributed by atoms with Crippen LogP contribution in [-0.4, -0.2) is 20.2 Å². The Morgan fingerprint density at radius 3 is 1.88 bits per heavy atom. The normalized spacial score (nSPS) is 23.8. The Morgan fingerprint density at radius 2 is 1.52 bits per heavy atom. The quantitative estimate of drug-likeness (QED) is 0.419. The van der Waals surface area contributed by atoms with E-state index in [1.54, 1.807) is 0 Å². The van der Waals surface area contributed by atoms with Gasteiger partial charge in [-0.2, -0.15) is 8.78 Å². The molecule has 0 bridgehead atoms. The molecule has 0 amide bonds. The average Bonchev–Trinajstić information content (AvgIpc) is 3.01. The second-order valence-corrected chi connectivity index (χ2v) is 7.13. The maximum Gasteiger partial charge on any atom is 0.317 e. The summed E-state index contributed by atoms with van der Waals surface area (Å²) in [6, 6.07) is 0. The van der Waals surface area contributed by atoms with E-state index in [-0.39, 0.29) is 4.49 Å². The summed E-state index contributed by atoms with van der Waals surface area (Å²) >= 11 is 11.2. The van der Waals surface area contributed by atoms with E-state index >= 15 is 0 Å². The van der Waals surface area contributed by atoms with Crippen molar-refractivity contribution in [2.45, 2.75) is 19.3 Å². The fourth-order valence-corrected chi connectivity index (χ4v) is 3.78. The van der Waals surface area contributed by atoms with Gasteiger partial charge in [0.05, 0.1) is 14.2 Å². The van der Waals surface area contributed by atoms with Crippen LogP contribution in [0.4, 0.5) is 17.6 Å². The molecule has 138 valence electrons. The third kappa shape index (κ3) is 2.51. The van der Waals surface area contributed by atoms with Crippen molar-refractivity contribution in [3.8, 4) is 5.75 Å². The summed E-state index contributed by atoms with van der Waals surface area (Å²) < 4.78 is 66.3. The highest BCUT2D eigenvalue weighted by molar-refractivity contribution is 6.55. The molecule has 0 aliphatic heterocycles. The van der Waals surface area contributed by atoms with Crippen LogP contribution in [-0.2, 0) is 14.9 Å². The van der Waals surface area contributed by atoms with Crippen LogP contribution in [0, 0.1) is 34.6 Å². The summed E-state index contributed by atoms with van der Waals surface area (Å²) in [5, 5.41) is 0. The Labute approximate surface area is 151 Å². The van der Waals surface area contributed by atoms with Gasteiger partial charge in [0.2, 0.25) is 11.6 Å². The zero-order chi connectivity index (χ0) is 19.3. The summed E-state index contributed by atoms with van der Waals surface area (Å²) in [7, 11) is 1.85. The standard InChI is InChI=1S/C16H14Cl2F4O3/c1-15(2)6(5-7(17)18)16(15,14(23)25-4)8-9(19)11(21)13(24-3)12(22)10(8)20/h5-6H,1-4H3. The number of carbonyl (C=O) groups is 1. The maximum atomic E-state index is 14.6. The molecule has 2 atom stereocenters. The number of halogens is 6. The summed E-state index contributed by atoms with van der Waals surface area (Å²) in [6.45, 7) is 2.95. The van der Waals surface area contributed by atoms with Crippen molar-refractivity contribution >= 4 is 29.2 Å². The number of benzene rings is 1. The summed E-state index contributed by atoms with van der Waals surface area (Å²) in [5.41, 5.74) is -4.31. The van der Waals surface area contributed by atoms with Crippen molar-refractivity contribution in [1.29, 1.82) is 0 Å². The van der Waals surface area contributed by atoms with Crippen molar-refractivity contribution in [1.82, 2.24) is 0 Å². The van der Waals surface area contributed by atoms with E-state index in [0.717, 1.165) is 14.2 Å². The minimum absolute atomic E-state index is 0.265. The number of hydrogen-bond acceptors (Lipinski definition) is 3. The highest BCUT2D eigenvalue weighted by Gasteiger charge is 2.78. The van der Waals surface area contributed by atoms with Gasteiger partial charge in [-0.3, -0.25) is 4.79 Å². The Hall–Kier alpha value is -1.47. The molecular weight excluding hydrogens is 387 g/mol. The molecular formula is C16H14Cl2F4O3. The number of esters is 1. The smallest absolute Gasteiger partial charge is 0.317 e. The van der Waals surface area contributed by atoms with Gasteiger partial charge in [0.1, 0.15) is 9.91 Å². The first kappa shape index (κ1) is 19.8. The van der Waals surface area contributed by atoms with E-state index in [0.29, 0.717) is 0 Å². The number of methoxy groups -OCH3 is 2.